The van der Waals surface area contributed by atoms with Crippen LogP contribution in [0.1, 0.15) is 40.0 Å². The summed E-state index contributed by atoms with van der Waals surface area (Å²) < 4.78 is 0. The molecule has 1 atom stereocenters. The minimum Gasteiger partial charge on any atom is -0.354 e. The lowest BCUT2D eigenvalue weighted by Crippen LogP contribution is -2.47. The smallest absolute Gasteiger partial charge is 0.239 e. The van der Waals surface area contributed by atoms with Crippen LogP contribution in [0, 0.1) is 11.8 Å². The van der Waals surface area contributed by atoms with Crippen molar-refractivity contribution in [2.75, 3.05) is 32.7 Å². The Morgan fingerprint density at radius 2 is 1.75 bits per heavy atom. The molecule has 0 radical (unpaired) electrons. The highest BCUT2D eigenvalue weighted by Gasteiger charge is 2.20. The Kier molecular flexibility index (Phi) is 14.7. The van der Waals surface area contributed by atoms with E-state index in [9.17, 15) is 9.59 Å². The van der Waals surface area contributed by atoms with Gasteiger partial charge in [0.15, 0.2) is 0 Å². The monoisotopic (exact) mass is 384 g/mol. The molecule has 0 unspecified atom stereocenters. The zero-order valence-electron chi connectivity index (χ0n) is 15.0. The Labute approximate surface area is 158 Å². The van der Waals surface area contributed by atoms with Crippen LogP contribution in [-0.4, -0.2) is 55.5 Å². The first kappa shape index (κ1) is 25.7. The average Bonchev–Trinajstić information content (AvgIpc) is 2.51. The number of hydrogen-bond acceptors (Lipinski definition) is 4. The van der Waals surface area contributed by atoms with Gasteiger partial charge in [0.05, 0.1) is 12.6 Å². The molecule has 24 heavy (non-hydrogen) atoms. The number of carbonyl (C=O) groups excluding carboxylic acids is 2. The molecule has 1 aliphatic heterocycles. The molecule has 4 N–H and O–H groups in total. The maximum atomic E-state index is 11.8. The number of hydrogen-bond donors (Lipinski definition) is 3. The molecule has 1 aliphatic rings. The maximum Gasteiger partial charge on any atom is 0.239 e. The van der Waals surface area contributed by atoms with Gasteiger partial charge in [0.1, 0.15) is 0 Å². The summed E-state index contributed by atoms with van der Waals surface area (Å²) in [6.45, 7) is 10.1. The van der Waals surface area contributed by atoms with Gasteiger partial charge in [-0.2, -0.15) is 0 Å². The Morgan fingerprint density at radius 3 is 2.25 bits per heavy atom. The van der Waals surface area contributed by atoms with Crippen molar-refractivity contribution in [2.45, 2.75) is 46.1 Å². The van der Waals surface area contributed by atoms with Crippen molar-refractivity contribution in [3.8, 4) is 0 Å². The predicted molar refractivity (Wildman–Crippen MR) is 103 cm³/mol. The van der Waals surface area contributed by atoms with Gasteiger partial charge in [0.2, 0.25) is 11.8 Å². The molecule has 0 bridgehead atoms. The van der Waals surface area contributed by atoms with Crippen molar-refractivity contribution < 1.29 is 9.59 Å². The number of carbonyl (C=O) groups is 2. The fourth-order valence-electron chi connectivity index (χ4n) is 2.64. The third kappa shape index (κ3) is 9.67. The molecule has 1 rings (SSSR count). The highest BCUT2D eigenvalue weighted by atomic mass is 35.5. The number of amides is 2. The van der Waals surface area contributed by atoms with Crippen molar-refractivity contribution in [2.24, 2.45) is 17.6 Å². The minimum absolute atomic E-state index is 0. The second-order valence-electron chi connectivity index (χ2n) is 6.58. The number of halogens is 2. The summed E-state index contributed by atoms with van der Waals surface area (Å²) in [5, 5.41) is 5.50. The van der Waals surface area contributed by atoms with E-state index in [2.05, 4.69) is 22.5 Å². The highest BCUT2D eigenvalue weighted by molar-refractivity contribution is 5.87. The lowest BCUT2D eigenvalue weighted by Gasteiger charge is -2.31. The van der Waals surface area contributed by atoms with Gasteiger partial charge in [-0.15, -0.1) is 24.8 Å². The van der Waals surface area contributed by atoms with Crippen molar-refractivity contribution in [1.82, 2.24) is 15.5 Å². The van der Waals surface area contributed by atoms with Crippen molar-refractivity contribution in [1.29, 1.82) is 0 Å². The van der Waals surface area contributed by atoms with Gasteiger partial charge in [-0.05, 0) is 50.7 Å². The standard InChI is InChI=1S/C16H32N4O2.2ClH/c1-4-7-20-8-5-13(6-9-20)10-18-14(21)11-19-16(22)15(17)12(2)3;;/h12-13,15H,4-11,17H2,1-3H3,(H,18,21)(H,19,22);2*1H/t15-;;/m0../s1. The molecule has 0 aliphatic carbocycles. The molecule has 0 aromatic heterocycles. The lowest BCUT2D eigenvalue weighted by molar-refractivity contribution is -0.127. The fourth-order valence-corrected chi connectivity index (χ4v) is 2.64. The molecule has 0 saturated carbocycles. The molecular weight excluding hydrogens is 351 g/mol. The summed E-state index contributed by atoms with van der Waals surface area (Å²) >= 11 is 0. The second kappa shape index (κ2) is 13.7. The normalized spacial score (nSPS) is 16.7. The third-order valence-corrected chi connectivity index (χ3v) is 4.28. The molecular formula is C16H34Cl2N4O2. The topological polar surface area (TPSA) is 87.5 Å². The summed E-state index contributed by atoms with van der Waals surface area (Å²) in [7, 11) is 0. The summed E-state index contributed by atoms with van der Waals surface area (Å²) in [6, 6.07) is -0.560. The van der Waals surface area contributed by atoms with Gasteiger partial charge in [-0.25, -0.2) is 0 Å². The summed E-state index contributed by atoms with van der Waals surface area (Å²) in [4.78, 5) is 25.9. The third-order valence-electron chi connectivity index (χ3n) is 4.28. The first-order valence-corrected chi connectivity index (χ1v) is 8.46. The van der Waals surface area contributed by atoms with Gasteiger partial charge in [0.25, 0.3) is 0 Å². The quantitative estimate of drug-likeness (QED) is 0.585. The van der Waals surface area contributed by atoms with E-state index in [0.717, 1.165) is 25.9 Å². The van der Waals surface area contributed by atoms with Crippen LogP contribution in [0.3, 0.4) is 0 Å². The SMILES string of the molecule is CCCN1CCC(CNC(=O)CNC(=O)[C@@H](N)C(C)C)CC1.Cl.Cl. The first-order valence-electron chi connectivity index (χ1n) is 8.46. The van der Waals surface area contributed by atoms with Gasteiger partial charge < -0.3 is 21.3 Å². The maximum absolute atomic E-state index is 11.8. The Bertz CT molecular complexity index is 362. The van der Waals surface area contributed by atoms with Crippen LogP contribution in [0.25, 0.3) is 0 Å². The van der Waals surface area contributed by atoms with Crippen molar-refractivity contribution in [3.05, 3.63) is 0 Å². The number of likely N-dealkylation sites (tertiary alicyclic amines) is 1. The first-order chi connectivity index (χ1) is 10.4. The van der Waals surface area contributed by atoms with Crippen LogP contribution < -0.4 is 16.4 Å². The molecule has 0 aromatic rings. The molecule has 1 fully saturated rings. The van der Waals surface area contributed by atoms with E-state index in [-0.39, 0.29) is 49.1 Å². The minimum atomic E-state index is -0.560. The van der Waals surface area contributed by atoms with Gasteiger partial charge in [-0.1, -0.05) is 20.8 Å². The van der Waals surface area contributed by atoms with Crippen LogP contribution in [0.15, 0.2) is 0 Å². The Morgan fingerprint density at radius 1 is 1.17 bits per heavy atom. The van der Waals surface area contributed by atoms with Crippen molar-refractivity contribution in [3.63, 3.8) is 0 Å². The van der Waals surface area contributed by atoms with Gasteiger partial charge in [-0.3, -0.25) is 9.59 Å². The van der Waals surface area contributed by atoms with E-state index in [1.165, 1.54) is 13.0 Å². The van der Waals surface area contributed by atoms with Crippen LogP contribution in [0.2, 0.25) is 0 Å². The fraction of sp³-hybridized carbons (Fsp3) is 0.875. The van der Waals surface area contributed by atoms with E-state index >= 15 is 0 Å². The van der Waals surface area contributed by atoms with Crippen LogP contribution in [0.5, 0.6) is 0 Å². The molecule has 144 valence electrons. The molecule has 0 spiro atoms. The highest BCUT2D eigenvalue weighted by Crippen LogP contribution is 2.16. The van der Waals surface area contributed by atoms with Crippen LogP contribution in [0.4, 0.5) is 0 Å². The molecule has 0 aromatic carbocycles. The molecule has 1 saturated heterocycles. The largest absolute Gasteiger partial charge is 0.354 e. The van der Waals surface area contributed by atoms with Gasteiger partial charge >= 0.3 is 0 Å². The van der Waals surface area contributed by atoms with E-state index in [1.54, 1.807) is 0 Å². The van der Waals surface area contributed by atoms with E-state index in [1.807, 2.05) is 13.8 Å². The number of nitrogens with zero attached hydrogens (tertiary/aromatic N) is 1. The number of piperidine rings is 1. The molecule has 6 nitrogen and oxygen atoms in total. The lowest BCUT2D eigenvalue weighted by atomic mass is 9.96. The zero-order chi connectivity index (χ0) is 16.5. The molecule has 2 amide bonds. The average molecular weight is 385 g/mol. The predicted octanol–water partition coefficient (Wildman–Crippen LogP) is 1.17. The van der Waals surface area contributed by atoms with Crippen LogP contribution in [-0.2, 0) is 9.59 Å². The summed E-state index contributed by atoms with van der Waals surface area (Å²) in [6.07, 6.45) is 3.45. The van der Waals surface area contributed by atoms with Crippen molar-refractivity contribution >= 4 is 36.6 Å². The second-order valence-corrected chi connectivity index (χ2v) is 6.58. The molecule has 8 heteroatoms. The number of rotatable bonds is 8. The van der Waals surface area contributed by atoms with E-state index in [0.29, 0.717) is 12.5 Å². The Balaban J connectivity index is 0. The van der Waals surface area contributed by atoms with Gasteiger partial charge in [0, 0.05) is 6.54 Å². The van der Waals surface area contributed by atoms with Crippen LogP contribution >= 0.6 is 24.8 Å². The molecule has 1 heterocycles. The number of nitrogens with one attached hydrogen (secondary N) is 2. The summed E-state index contributed by atoms with van der Waals surface area (Å²) in [5.41, 5.74) is 5.73. The summed E-state index contributed by atoms with van der Waals surface area (Å²) in [5.74, 6) is 0.209. The van der Waals surface area contributed by atoms with E-state index < -0.39 is 6.04 Å². The Hall–Kier alpha value is -0.560. The zero-order valence-corrected chi connectivity index (χ0v) is 16.7. The number of nitrogens with two attached hydrogens (primary N) is 1. The van der Waals surface area contributed by atoms with E-state index in [4.69, 9.17) is 5.73 Å².